The van der Waals surface area contributed by atoms with Crippen LogP contribution in [0, 0.1) is 6.92 Å². The lowest BCUT2D eigenvalue weighted by atomic mass is 10.2. The van der Waals surface area contributed by atoms with Gasteiger partial charge in [0.1, 0.15) is 5.69 Å². The summed E-state index contributed by atoms with van der Waals surface area (Å²) in [6, 6.07) is 3.67. The first kappa shape index (κ1) is 10.4. The van der Waals surface area contributed by atoms with E-state index in [1.54, 1.807) is 6.20 Å². The van der Waals surface area contributed by atoms with E-state index in [0.717, 1.165) is 11.1 Å². The maximum absolute atomic E-state index is 11.6. The highest BCUT2D eigenvalue weighted by Gasteiger charge is 2.08. The number of nitrogens with zero attached hydrogens (tertiary/aromatic N) is 1. The lowest BCUT2D eigenvalue weighted by molar-refractivity contribution is 0.0951. The van der Waals surface area contributed by atoms with E-state index in [-0.39, 0.29) is 5.91 Å². The molecule has 0 fully saturated rings. The summed E-state index contributed by atoms with van der Waals surface area (Å²) in [7, 11) is 0. The van der Waals surface area contributed by atoms with Crippen LogP contribution < -0.4 is 5.32 Å². The second kappa shape index (κ2) is 4.56. The Labute approximate surface area is 83.9 Å². The fourth-order valence-corrected chi connectivity index (χ4v) is 1.04. The van der Waals surface area contributed by atoms with Crippen LogP contribution in [-0.4, -0.2) is 17.4 Å². The number of aryl methyl sites for hydroxylation is 1. The lowest BCUT2D eigenvalue weighted by Gasteiger charge is -2.05. The largest absolute Gasteiger partial charge is 0.347 e. The zero-order valence-electron chi connectivity index (χ0n) is 8.50. The highest BCUT2D eigenvalue weighted by atomic mass is 16.1. The molecule has 0 aliphatic carbocycles. The van der Waals surface area contributed by atoms with E-state index >= 15 is 0 Å². The first-order valence-corrected chi connectivity index (χ1v) is 4.45. The molecule has 1 rings (SSSR count). The molecule has 0 aromatic carbocycles. The third-order valence-corrected chi connectivity index (χ3v) is 1.78. The van der Waals surface area contributed by atoms with Crippen molar-refractivity contribution in [3.8, 4) is 0 Å². The number of carbonyl (C=O) groups excluding carboxylic acids is 1. The standard InChI is InChI=1S/C11H14N2O/c1-8(2)7-13-11(14)10-9(3)5-4-6-12-10/h4-6H,1,7H2,2-3H3,(H,13,14). The van der Waals surface area contributed by atoms with Crippen molar-refractivity contribution in [3.05, 3.63) is 41.7 Å². The van der Waals surface area contributed by atoms with Gasteiger partial charge in [-0.2, -0.15) is 0 Å². The summed E-state index contributed by atoms with van der Waals surface area (Å²) in [5.41, 5.74) is 2.28. The fraction of sp³-hybridized carbons (Fsp3) is 0.273. The molecule has 1 aromatic rings. The minimum Gasteiger partial charge on any atom is -0.347 e. The second-order valence-corrected chi connectivity index (χ2v) is 3.31. The number of hydrogen-bond donors (Lipinski definition) is 1. The first-order valence-electron chi connectivity index (χ1n) is 4.45. The monoisotopic (exact) mass is 190 g/mol. The van der Waals surface area contributed by atoms with Crippen LogP contribution in [0.3, 0.4) is 0 Å². The third-order valence-electron chi connectivity index (χ3n) is 1.78. The number of carbonyl (C=O) groups is 1. The minimum atomic E-state index is -0.147. The van der Waals surface area contributed by atoms with Gasteiger partial charge in [0.05, 0.1) is 0 Å². The van der Waals surface area contributed by atoms with Gasteiger partial charge in [0.25, 0.3) is 5.91 Å². The predicted molar refractivity (Wildman–Crippen MR) is 56.1 cm³/mol. The van der Waals surface area contributed by atoms with Crippen molar-refractivity contribution in [1.82, 2.24) is 10.3 Å². The van der Waals surface area contributed by atoms with Crippen molar-refractivity contribution >= 4 is 5.91 Å². The topological polar surface area (TPSA) is 42.0 Å². The van der Waals surface area contributed by atoms with Crippen LogP contribution in [0.4, 0.5) is 0 Å². The summed E-state index contributed by atoms with van der Waals surface area (Å²) in [4.78, 5) is 15.6. The minimum absolute atomic E-state index is 0.147. The average molecular weight is 190 g/mol. The van der Waals surface area contributed by atoms with Gasteiger partial charge in [0, 0.05) is 12.7 Å². The van der Waals surface area contributed by atoms with Crippen molar-refractivity contribution in [1.29, 1.82) is 0 Å². The number of aromatic nitrogens is 1. The number of hydrogen-bond acceptors (Lipinski definition) is 2. The van der Waals surface area contributed by atoms with Crippen LogP contribution in [0.15, 0.2) is 30.5 Å². The maximum atomic E-state index is 11.6. The Balaban J connectivity index is 2.70. The van der Waals surface area contributed by atoms with Crippen molar-refractivity contribution in [3.63, 3.8) is 0 Å². The predicted octanol–water partition coefficient (Wildman–Crippen LogP) is 1.70. The number of nitrogens with one attached hydrogen (secondary N) is 1. The molecule has 0 saturated heterocycles. The zero-order chi connectivity index (χ0) is 10.6. The van der Waals surface area contributed by atoms with Crippen LogP contribution >= 0.6 is 0 Å². The summed E-state index contributed by atoms with van der Waals surface area (Å²) in [6.45, 7) is 7.93. The molecule has 1 N–H and O–H groups in total. The summed E-state index contributed by atoms with van der Waals surface area (Å²) < 4.78 is 0. The summed E-state index contributed by atoms with van der Waals surface area (Å²) in [5.74, 6) is -0.147. The summed E-state index contributed by atoms with van der Waals surface area (Å²) in [6.07, 6.45) is 1.61. The SMILES string of the molecule is C=C(C)CNC(=O)c1ncccc1C. The molecule has 0 atom stereocenters. The van der Waals surface area contributed by atoms with Gasteiger partial charge in [0.15, 0.2) is 0 Å². The van der Waals surface area contributed by atoms with Crippen molar-refractivity contribution in [2.45, 2.75) is 13.8 Å². The summed E-state index contributed by atoms with van der Waals surface area (Å²) in [5, 5.41) is 2.74. The lowest BCUT2D eigenvalue weighted by Crippen LogP contribution is -2.26. The molecule has 0 radical (unpaired) electrons. The number of amides is 1. The van der Waals surface area contributed by atoms with Crippen molar-refractivity contribution in [2.24, 2.45) is 0 Å². The molecular formula is C11H14N2O. The van der Waals surface area contributed by atoms with E-state index in [1.165, 1.54) is 0 Å². The van der Waals surface area contributed by atoms with Crippen LogP contribution in [0.25, 0.3) is 0 Å². The highest BCUT2D eigenvalue weighted by molar-refractivity contribution is 5.93. The van der Waals surface area contributed by atoms with Gasteiger partial charge in [-0.15, -0.1) is 0 Å². The van der Waals surface area contributed by atoms with Gasteiger partial charge >= 0.3 is 0 Å². The Morgan fingerprint density at radius 3 is 2.93 bits per heavy atom. The Hall–Kier alpha value is -1.64. The molecule has 0 spiro atoms. The van der Waals surface area contributed by atoms with Gasteiger partial charge in [-0.3, -0.25) is 9.78 Å². The van der Waals surface area contributed by atoms with E-state index in [4.69, 9.17) is 0 Å². The second-order valence-electron chi connectivity index (χ2n) is 3.31. The molecule has 1 heterocycles. The zero-order valence-corrected chi connectivity index (χ0v) is 8.50. The van der Waals surface area contributed by atoms with Gasteiger partial charge in [-0.1, -0.05) is 18.2 Å². The molecule has 14 heavy (non-hydrogen) atoms. The van der Waals surface area contributed by atoms with Gasteiger partial charge in [0.2, 0.25) is 0 Å². The van der Waals surface area contributed by atoms with Gasteiger partial charge in [-0.05, 0) is 25.5 Å². The molecule has 1 aromatic heterocycles. The Morgan fingerprint density at radius 1 is 1.64 bits per heavy atom. The first-order chi connectivity index (χ1) is 6.61. The third kappa shape index (κ3) is 2.69. The number of pyridine rings is 1. The van der Waals surface area contributed by atoms with E-state index in [0.29, 0.717) is 12.2 Å². The van der Waals surface area contributed by atoms with Gasteiger partial charge < -0.3 is 5.32 Å². The van der Waals surface area contributed by atoms with Crippen molar-refractivity contribution in [2.75, 3.05) is 6.54 Å². The molecular weight excluding hydrogens is 176 g/mol. The van der Waals surface area contributed by atoms with Crippen LogP contribution in [0.5, 0.6) is 0 Å². The number of rotatable bonds is 3. The average Bonchev–Trinajstić information content (AvgIpc) is 2.15. The van der Waals surface area contributed by atoms with Crippen LogP contribution in [0.2, 0.25) is 0 Å². The van der Waals surface area contributed by atoms with Crippen molar-refractivity contribution < 1.29 is 4.79 Å². The molecule has 0 saturated carbocycles. The molecule has 0 bridgehead atoms. The summed E-state index contributed by atoms with van der Waals surface area (Å²) >= 11 is 0. The molecule has 1 amide bonds. The maximum Gasteiger partial charge on any atom is 0.270 e. The van der Waals surface area contributed by atoms with Gasteiger partial charge in [-0.25, -0.2) is 0 Å². The van der Waals surface area contributed by atoms with E-state index in [9.17, 15) is 4.79 Å². The molecule has 0 aliphatic rings. The molecule has 3 nitrogen and oxygen atoms in total. The van der Waals surface area contributed by atoms with E-state index < -0.39 is 0 Å². The molecule has 3 heteroatoms. The molecule has 0 aliphatic heterocycles. The Morgan fingerprint density at radius 2 is 2.36 bits per heavy atom. The molecule has 0 unspecified atom stereocenters. The Bertz CT molecular complexity index is 358. The highest BCUT2D eigenvalue weighted by Crippen LogP contribution is 2.02. The normalized spacial score (nSPS) is 9.57. The Kier molecular flexibility index (Phi) is 3.40. The smallest absolute Gasteiger partial charge is 0.270 e. The van der Waals surface area contributed by atoms with E-state index in [2.05, 4.69) is 16.9 Å². The van der Waals surface area contributed by atoms with E-state index in [1.807, 2.05) is 26.0 Å². The van der Waals surface area contributed by atoms with Crippen LogP contribution in [0.1, 0.15) is 23.0 Å². The quantitative estimate of drug-likeness (QED) is 0.737. The van der Waals surface area contributed by atoms with Crippen LogP contribution in [-0.2, 0) is 0 Å². The molecule has 74 valence electrons. The fourth-order valence-electron chi connectivity index (χ4n) is 1.04.